The fraction of sp³-hybridized carbons (Fsp3) is 0.190. The van der Waals surface area contributed by atoms with Crippen molar-refractivity contribution in [2.45, 2.75) is 24.4 Å². The van der Waals surface area contributed by atoms with Gasteiger partial charge in [0.05, 0.1) is 12.8 Å². The molecule has 7 heteroatoms. The second-order valence-electron chi connectivity index (χ2n) is 6.08. The molecule has 4 rings (SSSR count). The van der Waals surface area contributed by atoms with Crippen LogP contribution in [0.1, 0.15) is 12.6 Å². The number of thiazole rings is 1. The molecule has 2 aromatic heterocycles. The van der Waals surface area contributed by atoms with Gasteiger partial charge in [0.25, 0.3) is 0 Å². The zero-order valence-corrected chi connectivity index (χ0v) is 17.3. The van der Waals surface area contributed by atoms with E-state index in [1.165, 1.54) is 0 Å². The van der Waals surface area contributed by atoms with Crippen LogP contribution in [0, 0.1) is 0 Å². The molecule has 4 aromatic rings. The van der Waals surface area contributed by atoms with E-state index in [1.54, 1.807) is 30.2 Å². The maximum absolute atomic E-state index is 5.22. The number of nitrogens with zero attached hydrogens (tertiary/aromatic N) is 4. The molecule has 0 saturated heterocycles. The lowest BCUT2D eigenvalue weighted by Gasteiger charge is -2.06. The van der Waals surface area contributed by atoms with Crippen LogP contribution in [-0.2, 0) is 12.3 Å². The van der Waals surface area contributed by atoms with Gasteiger partial charge in [0.2, 0.25) is 0 Å². The van der Waals surface area contributed by atoms with Crippen LogP contribution in [0.3, 0.4) is 0 Å². The van der Waals surface area contributed by atoms with Crippen molar-refractivity contribution in [1.82, 2.24) is 19.7 Å². The molecule has 0 aliphatic rings. The van der Waals surface area contributed by atoms with Crippen LogP contribution in [0.15, 0.2) is 65.1 Å². The van der Waals surface area contributed by atoms with Crippen LogP contribution in [0.4, 0.5) is 0 Å². The fourth-order valence-electron chi connectivity index (χ4n) is 2.86. The van der Waals surface area contributed by atoms with Gasteiger partial charge in [-0.15, -0.1) is 21.5 Å². The van der Waals surface area contributed by atoms with E-state index in [-0.39, 0.29) is 0 Å². The molecule has 0 atom stereocenters. The summed E-state index contributed by atoms with van der Waals surface area (Å²) in [6, 6.07) is 18.2. The van der Waals surface area contributed by atoms with E-state index in [0.717, 1.165) is 50.9 Å². The van der Waals surface area contributed by atoms with Gasteiger partial charge in [0, 0.05) is 28.8 Å². The lowest BCUT2D eigenvalue weighted by atomic mass is 10.2. The predicted octanol–water partition coefficient (Wildman–Crippen LogP) is 5.39. The van der Waals surface area contributed by atoms with E-state index >= 15 is 0 Å². The van der Waals surface area contributed by atoms with Gasteiger partial charge in [0.1, 0.15) is 10.8 Å². The Labute approximate surface area is 172 Å². The Bertz CT molecular complexity index is 1040. The van der Waals surface area contributed by atoms with Gasteiger partial charge in [-0.2, -0.15) is 0 Å². The lowest BCUT2D eigenvalue weighted by molar-refractivity contribution is 0.415. The second kappa shape index (κ2) is 8.58. The van der Waals surface area contributed by atoms with Gasteiger partial charge in [-0.3, -0.25) is 0 Å². The number of thioether (sulfide) groups is 1. The van der Waals surface area contributed by atoms with Gasteiger partial charge >= 0.3 is 0 Å². The van der Waals surface area contributed by atoms with Crippen LogP contribution >= 0.6 is 23.1 Å². The molecule has 142 valence electrons. The fourth-order valence-corrected chi connectivity index (χ4v) is 4.69. The Morgan fingerprint density at radius 2 is 1.79 bits per heavy atom. The molecule has 0 unspecified atom stereocenters. The summed E-state index contributed by atoms with van der Waals surface area (Å²) in [5.41, 5.74) is 3.23. The topological polar surface area (TPSA) is 52.8 Å². The molecule has 28 heavy (non-hydrogen) atoms. The van der Waals surface area contributed by atoms with Crippen molar-refractivity contribution in [2.75, 3.05) is 7.11 Å². The van der Waals surface area contributed by atoms with Crippen LogP contribution in [0.25, 0.3) is 22.0 Å². The summed E-state index contributed by atoms with van der Waals surface area (Å²) in [6.07, 6.45) is 0. The molecular formula is C21H20N4OS2. The average molecular weight is 409 g/mol. The highest BCUT2D eigenvalue weighted by Crippen LogP contribution is 2.30. The monoisotopic (exact) mass is 408 g/mol. The highest BCUT2D eigenvalue weighted by molar-refractivity contribution is 7.98. The molecule has 0 radical (unpaired) electrons. The summed E-state index contributed by atoms with van der Waals surface area (Å²) in [4.78, 5) is 4.77. The van der Waals surface area contributed by atoms with E-state index in [4.69, 9.17) is 9.72 Å². The number of hydrogen-bond acceptors (Lipinski definition) is 6. The minimum absolute atomic E-state index is 0.763. The Morgan fingerprint density at radius 3 is 2.50 bits per heavy atom. The molecule has 0 aliphatic heterocycles. The number of benzene rings is 2. The molecule has 0 aliphatic carbocycles. The molecule has 0 bridgehead atoms. The van der Waals surface area contributed by atoms with Crippen molar-refractivity contribution in [3.8, 4) is 27.7 Å². The van der Waals surface area contributed by atoms with Crippen LogP contribution < -0.4 is 4.74 Å². The summed E-state index contributed by atoms with van der Waals surface area (Å²) in [5, 5.41) is 12.8. The third-order valence-corrected chi connectivity index (χ3v) is 6.24. The van der Waals surface area contributed by atoms with Gasteiger partial charge in [-0.1, -0.05) is 42.1 Å². The first-order valence-electron chi connectivity index (χ1n) is 8.98. The van der Waals surface area contributed by atoms with E-state index in [9.17, 15) is 0 Å². The molecule has 0 fully saturated rings. The van der Waals surface area contributed by atoms with Gasteiger partial charge < -0.3 is 9.30 Å². The molecule has 2 heterocycles. The van der Waals surface area contributed by atoms with Gasteiger partial charge in [-0.25, -0.2) is 4.98 Å². The van der Waals surface area contributed by atoms with E-state index in [0.29, 0.717) is 0 Å². The standard InChI is InChI=1S/C21H20N4OS2/c1-3-25-19(15-7-5-4-6-8-15)23-24-21(25)28-14-17-13-27-20(22-17)16-9-11-18(26-2)12-10-16/h4-13H,3,14H2,1-2H3. The molecule has 5 nitrogen and oxygen atoms in total. The van der Waals surface area contributed by atoms with Crippen molar-refractivity contribution < 1.29 is 4.74 Å². The second-order valence-corrected chi connectivity index (χ2v) is 7.88. The number of aromatic nitrogens is 4. The Balaban J connectivity index is 1.48. The smallest absolute Gasteiger partial charge is 0.191 e. The summed E-state index contributed by atoms with van der Waals surface area (Å²) in [7, 11) is 1.67. The molecule has 0 N–H and O–H groups in total. The maximum atomic E-state index is 5.22. The Hall–Kier alpha value is -2.64. The number of rotatable bonds is 7. The number of methoxy groups -OCH3 is 1. The van der Waals surface area contributed by atoms with E-state index in [1.807, 2.05) is 42.5 Å². The normalized spacial score (nSPS) is 10.9. The van der Waals surface area contributed by atoms with Crippen molar-refractivity contribution in [1.29, 1.82) is 0 Å². The van der Waals surface area contributed by atoms with Crippen molar-refractivity contribution in [2.24, 2.45) is 0 Å². The highest BCUT2D eigenvalue weighted by Gasteiger charge is 2.14. The van der Waals surface area contributed by atoms with E-state index in [2.05, 4.69) is 39.2 Å². The van der Waals surface area contributed by atoms with Crippen LogP contribution in [-0.4, -0.2) is 26.9 Å². The SMILES string of the molecule is CCn1c(SCc2csc(-c3ccc(OC)cc3)n2)nnc1-c1ccccc1. The third kappa shape index (κ3) is 3.95. The molecule has 0 saturated carbocycles. The predicted molar refractivity (Wildman–Crippen MR) is 115 cm³/mol. The minimum atomic E-state index is 0.763. The highest BCUT2D eigenvalue weighted by atomic mass is 32.2. The Kier molecular flexibility index (Phi) is 5.73. The lowest BCUT2D eigenvalue weighted by Crippen LogP contribution is -1.99. The van der Waals surface area contributed by atoms with Gasteiger partial charge in [0.15, 0.2) is 11.0 Å². The Morgan fingerprint density at radius 1 is 1.00 bits per heavy atom. The van der Waals surface area contributed by atoms with E-state index < -0.39 is 0 Å². The van der Waals surface area contributed by atoms with Crippen molar-refractivity contribution in [3.05, 3.63) is 65.7 Å². The molecular weight excluding hydrogens is 388 g/mol. The third-order valence-electron chi connectivity index (χ3n) is 4.30. The quantitative estimate of drug-likeness (QED) is 0.384. The average Bonchev–Trinajstić information content (AvgIpc) is 3.39. The maximum Gasteiger partial charge on any atom is 0.191 e. The summed E-state index contributed by atoms with van der Waals surface area (Å²) >= 11 is 3.32. The summed E-state index contributed by atoms with van der Waals surface area (Å²) in [5.74, 6) is 2.52. The number of hydrogen-bond donors (Lipinski definition) is 0. The van der Waals surface area contributed by atoms with Crippen molar-refractivity contribution in [3.63, 3.8) is 0 Å². The number of ether oxygens (including phenoxy) is 1. The largest absolute Gasteiger partial charge is 0.497 e. The minimum Gasteiger partial charge on any atom is -0.497 e. The molecule has 0 amide bonds. The zero-order chi connectivity index (χ0) is 19.3. The zero-order valence-electron chi connectivity index (χ0n) is 15.7. The molecule has 0 spiro atoms. The molecule has 2 aromatic carbocycles. The van der Waals surface area contributed by atoms with Crippen LogP contribution in [0.5, 0.6) is 5.75 Å². The first-order valence-corrected chi connectivity index (χ1v) is 10.8. The van der Waals surface area contributed by atoms with Gasteiger partial charge in [-0.05, 0) is 31.2 Å². The summed E-state index contributed by atoms with van der Waals surface area (Å²) < 4.78 is 7.37. The summed E-state index contributed by atoms with van der Waals surface area (Å²) in [6.45, 7) is 2.94. The van der Waals surface area contributed by atoms with Crippen molar-refractivity contribution >= 4 is 23.1 Å². The first kappa shape index (κ1) is 18.7. The van der Waals surface area contributed by atoms with Crippen LogP contribution in [0.2, 0.25) is 0 Å². The first-order chi connectivity index (χ1) is 13.8.